The quantitative estimate of drug-likeness (QED) is 0.519. The maximum absolute atomic E-state index is 4.86. The standard InChI is InChI=1S/C21H16N4/c1-13-6-8-14(9-7-13)21-12-22-17-10-19-20(11-18(17)25-21)24-16-5-3-2-4-15(16)23-19/h2-11,22H,12H2,1H3. The fourth-order valence-electron chi connectivity index (χ4n) is 3.17. The van der Waals surface area contributed by atoms with Crippen LogP contribution in [0.4, 0.5) is 11.4 Å². The first-order valence-electron chi connectivity index (χ1n) is 8.35. The van der Waals surface area contributed by atoms with E-state index in [-0.39, 0.29) is 0 Å². The lowest BCUT2D eigenvalue weighted by Crippen LogP contribution is -2.18. The third kappa shape index (κ3) is 2.43. The van der Waals surface area contributed by atoms with Crippen molar-refractivity contribution in [1.82, 2.24) is 9.97 Å². The smallest absolute Gasteiger partial charge is 0.0917 e. The van der Waals surface area contributed by atoms with Gasteiger partial charge in [0.1, 0.15) is 0 Å². The number of fused-ring (bicyclic) bond motifs is 3. The molecule has 1 aromatic heterocycles. The minimum Gasteiger partial charge on any atom is -0.378 e. The molecule has 2 heterocycles. The van der Waals surface area contributed by atoms with Gasteiger partial charge < -0.3 is 5.32 Å². The van der Waals surface area contributed by atoms with Crippen LogP contribution in [-0.2, 0) is 0 Å². The number of para-hydroxylation sites is 2. The summed E-state index contributed by atoms with van der Waals surface area (Å²) in [6.07, 6.45) is 0. The van der Waals surface area contributed by atoms with Gasteiger partial charge in [-0.1, -0.05) is 42.0 Å². The summed E-state index contributed by atoms with van der Waals surface area (Å²) < 4.78 is 0. The summed E-state index contributed by atoms with van der Waals surface area (Å²) >= 11 is 0. The lowest BCUT2D eigenvalue weighted by Gasteiger charge is -2.18. The SMILES string of the molecule is Cc1ccc(C2=Nc3cc4nc5ccccc5nc4cc3NC2)cc1. The van der Waals surface area contributed by atoms with Crippen molar-refractivity contribution in [3.63, 3.8) is 0 Å². The molecule has 0 fully saturated rings. The van der Waals surface area contributed by atoms with Gasteiger partial charge in [-0.05, 0) is 36.8 Å². The third-order valence-corrected chi connectivity index (χ3v) is 4.54. The average Bonchev–Trinajstić information content (AvgIpc) is 2.65. The highest BCUT2D eigenvalue weighted by atomic mass is 15.0. The van der Waals surface area contributed by atoms with Gasteiger partial charge in [-0.25, -0.2) is 15.0 Å². The molecule has 3 aromatic carbocycles. The van der Waals surface area contributed by atoms with Crippen molar-refractivity contribution in [2.45, 2.75) is 6.92 Å². The van der Waals surface area contributed by atoms with Crippen LogP contribution in [0.3, 0.4) is 0 Å². The first-order valence-corrected chi connectivity index (χ1v) is 8.35. The van der Waals surface area contributed by atoms with Crippen LogP contribution in [0.5, 0.6) is 0 Å². The lowest BCUT2D eigenvalue weighted by molar-refractivity contribution is 1.28. The van der Waals surface area contributed by atoms with Gasteiger partial charge in [-0.15, -0.1) is 0 Å². The highest BCUT2D eigenvalue weighted by molar-refractivity contribution is 6.08. The van der Waals surface area contributed by atoms with E-state index in [0.717, 1.165) is 44.7 Å². The number of nitrogens with zero attached hydrogens (tertiary/aromatic N) is 3. The summed E-state index contributed by atoms with van der Waals surface area (Å²) in [6, 6.07) is 20.5. The van der Waals surface area contributed by atoms with Crippen molar-refractivity contribution in [2.75, 3.05) is 11.9 Å². The zero-order valence-corrected chi connectivity index (χ0v) is 13.8. The summed E-state index contributed by atoms with van der Waals surface area (Å²) in [4.78, 5) is 14.3. The number of benzene rings is 3. The zero-order chi connectivity index (χ0) is 16.8. The van der Waals surface area contributed by atoms with Crippen LogP contribution < -0.4 is 5.32 Å². The number of nitrogens with one attached hydrogen (secondary N) is 1. The zero-order valence-electron chi connectivity index (χ0n) is 13.8. The Morgan fingerprint density at radius 3 is 2.20 bits per heavy atom. The number of aryl methyl sites for hydroxylation is 1. The van der Waals surface area contributed by atoms with Gasteiger partial charge in [-0.2, -0.15) is 0 Å². The minimum atomic E-state index is 0.711. The van der Waals surface area contributed by atoms with Gasteiger partial charge in [0.15, 0.2) is 0 Å². The molecule has 4 nitrogen and oxygen atoms in total. The first kappa shape index (κ1) is 14.1. The monoisotopic (exact) mass is 324 g/mol. The molecule has 0 bridgehead atoms. The fraction of sp³-hybridized carbons (Fsp3) is 0.0952. The second-order valence-corrected chi connectivity index (χ2v) is 6.35. The van der Waals surface area contributed by atoms with E-state index in [1.165, 1.54) is 5.56 Å². The van der Waals surface area contributed by atoms with Gasteiger partial charge in [-0.3, -0.25) is 0 Å². The molecule has 0 atom stereocenters. The van der Waals surface area contributed by atoms with Crippen LogP contribution >= 0.6 is 0 Å². The molecule has 4 heteroatoms. The maximum Gasteiger partial charge on any atom is 0.0917 e. The number of hydrogen-bond acceptors (Lipinski definition) is 4. The Hall–Kier alpha value is -3.27. The van der Waals surface area contributed by atoms with Gasteiger partial charge in [0.2, 0.25) is 0 Å². The molecule has 0 amide bonds. The molecular formula is C21H16N4. The molecule has 120 valence electrons. The van der Waals surface area contributed by atoms with E-state index in [1.54, 1.807) is 0 Å². The predicted molar refractivity (Wildman–Crippen MR) is 103 cm³/mol. The van der Waals surface area contributed by atoms with Crippen LogP contribution in [0.15, 0.2) is 65.7 Å². The molecule has 1 N–H and O–H groups in total. The van der Waals surface area contributed by atoms with Crippen LogP contribution in [-0.4, -0.2) is 22.2 Å². The van der Waals surface area contributed by atoms with Crippen molar-refractivity contribution >= 4 is 39.2 Å². The Balaban J connectivity index is 1.66. The second kappa shape index (κ2) is 5.38. The fourth-order valence-corrected chi connectivity index (χ4v) is 3.17. The molecule has 0 spiro atoms. The second-order valence-electron chi connectivity index (χ2n) is 6.35. The van der Waals surface area contributed by atoms with E-state index in [2.05, 4.69) is 36.5 Å². The van der Waals surface area contributed by atoms with E-state index >= 15 is 0 Å². The molecule has 0 saturated heterocycles. The van der Waals surface area contributed by atoms with Crippen molar-refractivity contribution < 1.29 is 0 Å². The lowest BCUT2D eigenvalue weighted by atomic mass is 10.1. The number of hydrogen-bond donors (Lipinski definition) is 1. The number of aliphatic imine (C=N–C) groups is 1. The molecule has 1 aliphatic heterocycles. The van der Waals surface area contributed by atoms with E-state index < -0.39 is 0 Å². The van der Waals surface area contributed by atoms with Crippen molar-refractivity contribution in [1.29, 1.82) is 0 Å². The molecule has 0 unspecified atom stereocenters. The summed E-state index contributed by atoms with van der Waals surface area (Å²) in [5.74, 6) is 0. The van der Waals surface area contributed by atoms with Gasteiger partial charge in [0, 0.05) is 0 Å². The molecule has 1 aliphatic rings. The van der Waals surface area contributed by atoms with E-state index in [0.29, 0.717) is 6.54 Å². The van der Waals surface area contributed by atoms with Crippen LogP contribution in [0.2, 0.25) is 0 Å². The highest BCUT2D eigenvalue weighted by Gasteiger charge is 2.15. The van der Waals surface area contributed by atoms with E-state index in [9.17, 15) is 0 Å². The molecule has 5 rings (SSSR count). The van der Waals surface area contributed by atoms with Crippen molar-refractivity contribution in [3.8, 4) is 0 Å². The molecular weight excluding hydrogens is 308 g/mol. The highest BCUT2D eigenvalue weighted by Crippen LogP contribution is 2.33. The summed E-state index contributed by atoms with van der Waals surface area (Å²) in [5.41, 5.74) is 8.94. The predicted octanol–water partition coefficient (Wildman–Crippen LogP) is 4.64. The Morgan fingerprint density at radius 2 is 1.48 bits per heavy atom. The largest absolute Gasteiger partial charge is 0.378 e. The topological polar surface area (TPSA) is 50.2 Å². The minimum absolute atomic E-state index is 0.711. The molecule has 4 aromatic rings. The average molecular weight is 324 g/mol. The van der Waals surface area contributed by atoms with Crippen LogP contribution in [0, 0.1) is 6.92 Å². The normalized spacial score (nSPS) is 13.4. The Morgan fingerprint density at radius 1 is 0.800 bits per heavy atom. The van der Waals surface area contributed by atoms with Crippen LogP contribution in [0.25, 0.3) is 22.1 Å². The molecule has 0 radical (unpaired) electrons. The Kier molecular flexibility index (Phi) is 3.04. The van der Waals surface area contributed by atoms with Crippen LogP contribution in [0.1, 0.15) is 11.1 Å². The van der Waals surface area contributed by atoms with Crippen molar-refractivity contribution in [3.05, 3.63) is 71.8 Å². The number of anilines is 1. The molecule has 0 saturated carbocycles. The summed E-state index contributed by atoms with van der Waals surface area (Å²) in [6.45, 7) is 2.80. The maximum atomic E-state index is 4.86. The molecule has 0 aliphatic carbocycles. The van der Waals surface area contributed by atoms with Gasteiger partial charge >= 0.3 is 0 Å². The van der Waals surface area contributed by atoms with E-state index in [1.807, 2.05) is 36.4 Å². The van der Waals surface area contributed by atoms with E-state index in [4.69, 9.17) is 15.0 Å². The Labute approximate surface area is 145 Å². The van der Waals surface area contributed by atoms with Crippen molar-refractivity contribution in [2.24, 2.45) is 4.99 Å². The number of rotatable bonds is 1. The molecule has 25 heavy (non-hydrogen) atoms. The first-order chi connectivity index (χ1) is 12.3. The van der Waals surface area contributed by atoms with Gasteiger partial charge in [0.05, 0.1) is 45.7 Å². The summed E-state index contributed by atoms with van der Waals surface area (Å²) in [5, 5.41) is 3.47. The van der Waals surface area contributed by atoms with Gasteiger partial charge in [0.25, 0.3) is 0 Å². The third-order valence-electron chi connectivity index (χ3n) is 4.54. The Bertz CT molecular complexity index is 1140. The summed E-state index contributed by atoms with van der Waals surface area (Å²) in [7, 11) is 0. The number of aromatic nitrogens is 2.